The molecule has 4 heteroatoms. The van der Waals surface area contributed by atoms with E-state index in [1.807, 2.05) is 7.05 Å². The summed E-state index contributed by atoms with van der Waals surface area (Å²) in [6.45, 7) is 2.63. The molecule has 0 aromatic rings. The lowest BCUT2D eigenvalue weighted by Gasteiger charge is -2.38. The first-order valence-corrected chi connectivity index (χ1v) is 4.74. The van der Waals surface area contributed by atoms with E-state index in [1.54, 1.807) is 0 Å². The second kappa shape index (κ2) is 4.07. The van der Waals surface area contributed by atoms with Crippen LogP contribution in [0.4, 0.5) is 0 Å². The summed E-state index contributed by atoms with van der Waals surface area (Å²) < 4.78 is 0. The van der Waals surface area contributed by atoms with E-state index in [-0.39, 0.29) is 11.3 Å². The van der Waals surface area contributed by atoms with Gasteiger partial charge in [0.2, 0.25) is 5.91 Å². The van der Waals surface area contributed by atoms with Crippen molar-refractivity contribution in [1.29, 1.82) is 0 Å². The quantitative estimate of drug-likeness (QED) is 0.617. The van der Waals surface area contributed by atoms with Crippen LogP contribution in [0.25, 0.3) is 0 Å². The number of carbonyl (C=O) groups is 1. The Morgan fingerprint density at radius 2 is 2.08 bits per heavy atom. The third-order valence-corrected chi connectivity index (χ3v) is 2.98. The van der Waals surface area contributed by atoms with Crippen LogP contribution in [0.15, 0.2) is 0 Å². The molecule has 1 fully saturated rings. The van der Waals surface area contributed by atoms with Crippen molar-refractivity contribution < 1.29 is 4.79 Å². The molecule has 1 amide bonds. The Bertz CT molecular complexity index is 185. The van der Waals surface area contributed by atoms with Crippen molar-refractivity contribution in [2.45, 2.75) is 12.8 Å². The molecule has 1 saturated heterocycles. The SMILES string of the molecule is CNCC1(C(N)=O)CCN(C)CC1. The highest BCUT2D eigenvalue weighted by Gasteiger charge is 2.38. The molecule has 1 rings (SSSR count). The molecule has 0 saturated carbocycles. The number of rotatable bonds is 3. The number of hydrogen-bond acceptors (Lipinski definition) is 3. The van der Waals surface area contributed by atoms with Crippen LogP contribution in [0.2, 0.25) is 0 Å². The molecule has 0 spiro atoms. The number of nitrogens with zero attached hydrogens (tertiary/aromatic N) is 1. The van der Waals surface area contributed by atoms with Crippen LogP contribution in [0.3, 0.4) is 0 Å². The van der Waals surface area contributed by atoms with Crippen LogP contribution < -0.4 is 11.1 Å². The van der Waals surface area contributed by atoms with Crippen LogP contribution in [-0.4, -0.2) is 44.5 Å². The topological polar surface area (TPSA) is 58.4 Å². The Hall–Kier alpha value is -0.610. The second-order valence-corrected chi connectivity index (χ2v) is 3.98. The van der Waals surface area contributed by atoms with Gasteiger partial charge in [0.25, 0.3) is 0 Å². The molecule has 0 aliphatic carbocycles. The fourth-order valence-corrected chi connectivity index (χ4v) is 1.90. The Balaban J connectivity index is 2.63. The lowest BCUT2D eigenvalue weighted by Crippen LogP contribution is -2.50. The maximum absolute atomic E-state index is 11.3. The summed E-state index contributed by atoms with van der Waals surface area (Å²) in [4.78, 5) is 13.6. The maximum atomic E-state index is 11.3. The Morgan fingerprint density at radius 1 is 1.54 bits per heavy atom. The van der Waals surface area contributed by atoms with Crippen molar-refractivity contribution in [1.82, 2.24) is 10.2 Å². The smallest absolute Gasteiger partial charge is 0.225 e. The largest absolute Gasteiger partial charge is 0.369 e. The van der Waals surface area contributed by atoms with E-state index in [4.69, 9.17) is 5.73 Å². The minimum atomic E-state index is -0.304. The van der Waals surface area contributed by atoms with Crippen LogP contribution in [0, 0.1) is 5.41 Å². The average Bonchev–Trinajstić information content (AvgIpc) is 2.09. The highest BCUT2D eigenvalue weighted by Crippen LogP contribution is 2.29. The highest BCUT2D eigenvalue weighted by atomic mass is 16.1. The summed E-state index contributed by atoms with van der Waals surface area (Å²) in [5, 5.41) is 3.06. The molecule has 0 radical (unpaired) electrons. The number of nitrogens with two attached hydrogens (primary N) is 1. The predicted octanol–water partition coefficient (Wildman–Crippen LogP) is -0.597. The Kier molecular flexibility index (Phi) is 3.27. The molecule has 76 valence electrons. The van der Waals surface area contributed by atoms with Gasteiger partial charge < -0.3 is 16.0 Å². The third-order valence-electron chi connectivity index (χ3n) is 2.98. The Morgan fingerprint density at radius 3 is 2.46 bits per heavy atom. The van der Waals surface area contributed by atoms with Crippen molar-refractivity contribution >= 4 is 5.91 Å². The summed E-state index contributed by atoms with van der Waals surface area (Å²) in [7, 11) is 3.94. The molecule has 0 aromatic heterocycles. The van der Waals surface area contributed by atoms with Gasteiger partial charge in [0.1, 0.15) is 0 Å². The number of amides is 1. The minimum absolute atomic E-state index is 0.157. The predicted molar refractivity (Wildman–Crippen MR) is 52.3 cm³/mol. The van der Waals surface area contributed by atoms with Gasteiger partial charge in [-0.1, -0.05) is 0 Å². The Labute approximate surface area is 79.5 Å². The molecule has 0 atom stereocenters. The molecule has 0 aromatic carbocycles. The number of nitrogens with one attached hydrogen (secondary N) is 1. The molecule has 1 aliphatic heterocycles. The van der Waals surface area contributed by atoms with Crippen molar-refractivity contribution in [2.75, 3.05) is 33.7 Å². The third kappa shape index (κ3) is 2.19. The number of hydrogen-bond donors (Lipinski definition) is 2. The van der Waals surface area contributed by atoms with E-state index in [2.05, 4.69) is 17.3 Å². The van der Waals surface area contributed by atoms with Gasteiger partial charge in [-0.3, -0.25) is 4.79 Å². The fraction of sp³-hybridized carbons (Fsp3) is 0.889. The van der Waals surface area contributed by atoms with Gasteiger partial charge in [0.05, 0.1) is 5.41 Å². The summed E-state index contributed by atoms with van der Waals surface area (Å²) in [5.74, 6) is -0.157. The van der Waals surface area contributed by atoms with E-state index in [0.29, 0.717) is 6.54 Å². The van der Waals surface area contributed by atoms with Crippen LogP contribution in [0.5, 0.6) is 0 Å². The van der Waals surface area contributed by atoms with Crippen LogP contribution >= 0.6 is 0 Å². The number of likely N-dealkylation sites (tertiary alicyclic amines) is 1. The molecule has 1 aliphatic rings. The maximum Gasteiger partial charge on any atom is 0.225 e. The second-order valence-electron chi connectivity index (χ2n) is 3.98. The van der Waals surface area contributed by atoms with E-state index in [1.165, 1.54) is 0 Å². The van der Waals surface area contributed by atoms with Gasteiger partial charge in [-0.25, -0.2) is 0 Å². The zero-order chi connectivity index (χ0) is 9.90. The van der Waals surface area contributed by atoms with Gasteiger partial charge in [0.15, 0.2) is 0 Å². The van der Waals surface area contributed by atoms with Gasteiger partial charge in [0, 0.05) is 6.54 Å². The monoisotopic (exact) mass is 185 g/mol. The first-order chi connectivity index (χ1) is 6.10. The van der Waals surface area contributed by atoms with E-state index in [0.717, 1.165) is 25.9 Å². The molecule has 4 nitrogen and oxygen atoms in total. The van der Waals surface area contributed by atoms with Crippen molar-refractivity contribution in [3.63, 3.8) is 0 Å². The number of carbonyl (C=O) groups excluding carboxylic acids is 1. The highest BCUT2D eigenvalue weighted by molar-refractivity contribution is 5.81. The molecule has 0 bridgehead atoms. The average molecular weight is 185 g/mol. The summed E-state index contributed by atoms with van der Waals surface area (Å²) in [6, 6.07) is 0. The molecule has 3 N–H and O–H groups in total. The van der Waals surface area contributed by atoms with Gasteiger partial charge in [-0.2, -0.15) is 0 Å². The summed E-state index contributed by atoms with van der Waals surface area (Å²) in [5.41, 5.74) is 5.13. The van der Waals surface area contributed by atoms with Gasteiger partial charge >= 0.3 is 0 Å². The molecular formula is C9H19N3O. The molecule has 1 heterocycles. The standard InChI is InChI=1S/C9H19N3O/c1-11-7-9(8(10)13)3-5-12(2)6-4-9/h11H,3-7H2,1-2H3,(H2,10,13). The number of piperidine rings is 1. The van der Waals surface area contributed by atoms with E-state index < -0.39 is 0 Å². The van der Waals surface area contributed by atoms with Crippen molar-refractivity contribution in [3.8, 4) is 0 Å². The fourth-order valence-electron chi connectivity index (χ4n) is 1.90. The zero-order valence-corrected chi connectivity index (χ0v) is 8.47. The van der Waals surface area contributed by atoms with E-state index in [9.17, 15) is 4.79 Å². The first-order valence-electron chi connectivity index (χ1n) is 4.74. The normalized spacial score (nSPS) is 22.9. The van der Waals surface area contributed by atoms with Gasteiger partial charge in [-0.05, 0) is 40.0 Å². The van der Waals surface area contributed by atoms with Crippen molar-refractivity contribution in [3.05, 3.63) is 0 Å². The van der Waals surface area contributed by atoms with Crippen LogP contribution in [-0.2, 0) is 4.79 Å². The first kappa shape index (κ1) is 10.5. The number of primary amides is 1. The van der Waals surface area contributed by atoms with Crippen LogP contribution in [0.1, 0.15) is 12.8 Å². The lowest BCUT2D eigenvalue weighted by molar-refractivity contribution is -0.130. The zero-order valence-electron chi connectivity index (χ0n) is 8.47. The molecular weight excluding hydrogens is 166 g/mol. The van der Waals surface area contributed by atoms with E-state index >= 15 is 0 Å². The summed E-state index contributed by atoms with van der Waals surface area (Å²) >= 11 is 0. The molecule has 13 heavy (non-hydrogen) atoms. The van der Waals surface area contributed by atoms with Crippen molar-refractivity contribution in [2.24, 2.45) is 11.1 Å². The van der Waals surface area contributed by atoms with Gasteiger partial charge in [-0.15, -0.1) is 0 Å². The lowest BCUT2D eigenvalue weighted by atomic mass is 9.77. The molecule has 0 unspecified atom stereocenters. The minimum Gasteiger partial charge on any atom is -0.369 e. The summed E-state index contributed by atoms with van der Waals surface area (Å²) in [6.07, 6.45) is 1.75.